The second-order valence-corrected chi connectivity index (χ2v) is 9.67. The molecule has 0 saturated carbocycles. The number of aromatic nitrogens is 2. The number of hydrogen-bond acceptors (Lipinski definition) is 6. The molecule has 2 heterocycles. The Labute approximate surface area is 196 Å². The summed E-state index contributed by atoms with van der Waals surface area (Å²) in [5.74, 6) is 1.78. The molecule has 1 aliphatic heterocycles. The molecule has 4 rings (SSSR count). The number of aliphatic hydroxyl groups excluding tert-OH is 3. The maximum absolute atomic E-state index is 11.6. The zero-order valence-electron chi connectivity index (χ0n) is 18.3. The van der Waals surface area contributed by atoms with Gasteiger partial charge < -0.3 is 29.2 Å². The van der Waals surface area contributed by atoms with Gasteiger partial charge in [-0.2, -0.15) is 0 Å². The average Bonchev–Trinajstić information content (AvgIpc) is 3.42. The lowest BCUT2D eigenvalue weighted by Gasteiger charge is -2.16. The lowest BCUT2D eigenvalue weighted by Crippen LogP contribution is -2.29. The number of benzene rings is 2. The van der Waals surface area contributed by atoms with Crippen molar-refractivity contribution < 1.29 is 24.6 Å². The van der Waals surface area contributed by atoms with Gasteiger partial charge in [-0.05, 0) is 46.9 Å². The average molecular weight is 469 g/mol. The van der Waals surface area contributed by atoms with Crippen molar-refractivity contribution in [2.45, 2.75) is 31.3 Å². The molecule has 1 saturated heterocycles. The van der Waals surface area contributed by atoms with E-state index in [9.17, 15) is 19.9 Å². The summed E-state index contributed by atoms with van der Waals surface area (Å²) < 4.78 is 19.1. The molecule has 3 unspecified atom stereocenters. The van der Waals surface area contributed by atoms with Crippen LogP contribution in [0.4, 0.5) is 0 Å². The summed E-state index contributed by atoms with van der Waals surface area (Å²) in [6, 6.07) is 15.3. The van der Waals surface area contributed by atoms with Crippen LogP contribution in [0.2, 0.25) is 0 Å². The van der Waals surface area contributed by atoms with E-state index >= 15 is 0 Å². The van der Waals surface area contributed by atoms with E-state index in [0.717, 1.165) is 16.7 Å². The highest BCUT2D eigenvalue weighted by Gasteiger charge is 2.37. The molecule has 1 aromatic heterocycles. The fourth-order valence-electron chi connectivity index (χ4n) is 3.85. The zero-order valence-corrected chi connectivity index (χ0v) is 19.1. The minimum Gasteiger partial charge on any atom is -0.616 e. The first kappa shape index (κ1) is 23.5. The molecule has 1 fully saturated rings. The third kappa shape index (κ3) is 5.66. The molecule has 7 nitrogen and oxygen atoms in total. The highest BCUT2D eigenvalue weighted by molar-refractivity contribution is 7.91. The van der Waals surface area contributed by atoms with Gasteiger partial charge in [-0.1, -0.05) is 48.6 Å². The minimum absolute atomic E-state index is 0.104. The molecule has 0 radical (unpaired) electrons. The Kier molecular flexibility index (Phi) is 7.52. The summed E-state index contributed by atoms with van der Waals surface area (Å²) >= 11 is -1.02. The second-order valence-electron chi connectivity index (χ2n) is 8.12. The van der Waals surface area contributed by atoms with E-state index in [1.165, 1.54) is 0 Å². The molecule has 0 amide bonds. The minimum atomic E-state index is -1.02. The van der Waals surface area contributed by atoms with Crippen LogP contribution in [0, 0.1) is 0 Å². The molecule has 8 heteroatoms. The number of ether oxygens (including phenoxy) is 1. The Hall–Kier alpha value is -2.62. The quantitative estimate of drug-likeness (QED) is 0.439. The Morgan fingerprint density at radius 1 is 1.15 bits per heavy atom. The molecule has 1 aliphatic rings. The SMILES string of the molecule is C[C@H](O)c1nccn1C(/C=C/c1ccc(-c2ccc(OC3C[S+]([O-])C[C@H]3O)cc2)cc1)CO. The van der Waals surface area contributed by atoms with Gasteiger partial charge >= 0.3 is 0 Å². The van der Waals surface area contributed by atoms with Gasteiger partial charge in [0.05, 0.1) is 12.6 Å². The lowest BCUT2D eigenvalue weighted by molar-refractivity contribution is 0.0738. The topological polar surface area (TPSA) is 111 Å². The Balaban J connectivity index is 1.41. The van der Waals surface area contributed by atoms with Crippen molar-refractivity contribution in [2.75, 3.05) is 18.1 Å². The molecule has 5 atom stereocenters. The summed E-state index contributed by atoms with van der Waals surface area (Å²) in [6.07, 6.45) is 5.35. The van der Waals surface area contributed by atoms with Crippen LogP contribution < -0.4 is 4.74 Å². The highest BCUT2D eigenvalue weighted by atomic mass is 32.2. The Bertz CT molecular complexity index is 1070. The zero-order chi connectivity index (χ0) is 23.4. The second kappa shape index (κ2) is 10.5. The number of aliphatic hydroxyl groups is 3. The van der Waals surface area contributed by atoms with Crippen molar-refractivity contribution >= 4 is 17.3 Å². The first-order valence-electron chi connectivity index (χ1n) is 10.8. The van der Waals surface area contributed by atoms with Gasteiger partial charge in [-0.25, -0.2) is 4.98 Å². The van der Waals surface area contributed by atoms with Crippen molar-refractivity contribution in [1.29, 1.82) is 0 Å². The predicted molar refractivity (Wildman–Crippen MR) is 128 cm³/mol. The third-order valence-corrected chi connectivity index (χ3v) is 7.06. The van der Waals surface area contributed by atoms with Crippen LogP contribution in [0.5, 0.6) is 5.75 Å². The maximum Gasteiger partial charge on any atom is 0.173 e. The van der Waals surface area contributed by atoms with E-state index in [-0.39, 0.29) is 18.4 Å². The lowest BCUT2D eigenvalue weighted by atomic mass is 10.0. The fraction of sp³-hybridized carbons (Fsp3) is 0.320. The largest absolute Gasteiger partial charge is 0.616 e. The van der Waals surface area contributed by atoms with Crippen molar-refractivity contribution in [1.82, 2.24) is 9.55 Å². The van der Waals surface area contributed by atoms with Crippen LogP contribution in [-0.4, -0.2) is 59.7 Å². The number of hydrogen-bond donors (Lipinski definition) is 3. The van der Waals surface area contributed by atoms with Crippen molar-refractivity contribution in [3.63, 3.8) is 0 Å². The van der Waals surface area contributed by atoms with Gasteiger partial charge in [0.2, 0.25) is 0 Å². The molecular formula is C25H28N2O5S. The molecule has 0 aliphatic carbocycles. The standard InChI is InChI=1S/C25H28N2O5S/c1-17(29)25-26-12-13-27(25)21(14-28)9-4-18-2-5-19(6-3-18)20-7-10-22(11-8-20)32-24-16-33(31)15-23(24)30/h2-13,17,21,23-24,28-30H,14-16H2,1H3/b9-4+/t17-,21?,23+,24?,33?/m0/s1. The van der Waals surface area contributed by atoms with Gasteiger partial charge in [-0.15, -0.1) is 0 Å². The first-order chi connectivity index (χ1) is 15.9. The first-order valence-corrected chi connectivity index (χ1v) is 12.3. The number of rotatable bonds is 8. The van der Waals surface area contributed by atoms with Gasteiger partial charge in [0, 0.05) is 12.4 Å². The summed E-state index contributed by atoms with van der Waals surface area (Å²) in [7, 11) is 0. The van der Waals surface area contributed by atoms with Gasteiger partial charge in [0.1, 0.15) is 35.3 Å². The summed E-state index contributed by atoms with van der Waals surface area (Å²) in [5, 5.41) is 29.6. The summed E-state index contributed by atoms with van der Waals surface area (Å²) in [5.41, 5.74) is 3.06. The van der Waals surface area contributed by atoms with E-state index in [2.05, 4.69) is 4.98 Å². The van der Waals surface area contributed by atoms with Crippen LogP contribution in [0.3, 0.4) is 0 Å². The van der Waals surface area contributed by atoms with E-state index < -0.39 is 29.5 Å². The van der Waals surface area contributed by atoms with Crippen LogP contribution in [0.15, 0.2) is 67.0 Å². The normalized spacial score (nSPS) is 22.5. The fourth-order valence-corrected chi connectivity index (χ4v) is 5.24. The van der Waals surface area contributed by atoms with E-state index in [1.807, 2.05) is 60.7 Å². The van der Waals surface area contributed by atoms with Crippen molar-refractivity contribution in [2.24, 2.45) is 0 Å². The van der Waals surface area contributed by atoms with Crippen LogP contribution >= 0.6 is 0 Å². The van der Waals surface area contributed by atoms with Gasteiger partial charge in [0.25, 0.3) is 0 Å². The van der Waals surface area contributed by atoms with Gasteiger partial charge in [-0.3, -0.25) is 0 Å². The highest BCUT2D eigenvalue weighted by Crippen LogP contribution is 2.26. The molecule has 3 aromatic rings. The predicted octanol–water partition coefficient (Wildman–Crippen LogP) is 2.72. The summed E-state index contributed by atoms with van der Waals surface area (Å²) in [6.45, 7) is 1.54. The van der Waals surface area contributed by atoms with Crippen LogP contribution in [0.1, 0.15) is 30.5 Å². The number of imidazole rings is 1. The van der Waals surface area contributed by atoms with Gasteiger partial charge in [0.15, 0.2) is 6.10 Å². The van der Waals surface area contributed by atoms with Crippen LogP contribution in [0.25, 0.3) is 17.2 Å². The smallest absolute Gasteiger partial charge is 0.173 e. The third-order valence-electron chi connectivity index (χ3n) is 5.65. The molecular weight excluding hydrogens is 440 g/mol. The number of nitrogens with zero attached hydrogens (tertiary/aromatic N) is 2. The van der Waals surface area contributed by atoms with Crippen molar-refractivity contribution in [3.8, 4) is 16.9 Å². The molecule has 0 bridgehead atoms. The monoisotopic (exact) mass is 468 g/mol. The Morgan fingerprint density at radius 2 is 1.82 bits per heavy atom. The van der Waals surface area contributed by atoms with Crippen LogP contribution in [-0.2, 0) is 11.2 Å². The van der Waals surface area contributed by atoms with Crippen molar-refractivity contribution in [3.05, 3.63) is 78.4 Å². The van der Waals surface area contributed by atoms with E-state index in [0.29, 0.717) is 17.3 Å². The molecule has 33 heavy (non-hydrogen) atoms. The Morgan fingerprint density at radius 3 is 2.39 bits per heavy atom. The maximum atomic E-state index is 11.6. The molecule has 174 valence electrons. The van der Waals surface area contributed by atoms with E-state index in [4.69, 9.17) is 4.74 Å². The van der Waals surface area contributed by atoms with E-state index in [1.54, 1.807) is 23.9 Å². The summed E-state index contributed by atoms with van der Waals surface area (Å²) in [4.78, 5) is 4.16. The molecule has 0 spiro atoms. The molecule has 3 N–H and O–H groups in total. The molecule has 2 aromatic carbocycles.